The van der Waals surface area contributed by atoms with Gasteiger partial charge in [0.2, 0.25) is 0 Å². The van der Waals surface area contributed by atoms with Crippen molar-refractivity contribution in [1.29, 1.82) is 5.26 Å². The maximum absolute atomic E-state index is 13.9. The standard InChI is InChI=1S/C25H21F3N4O5/c1-15-20(22(33)34)21(17-7-5-16(14-29)6-8-17)32(23(35)30-9-11-37-12-10-30)24(36)31(15)19-4-2-3-18(13-19)25(26,27)28/h2-8,13,21H,9-12H2,1H3,(H,33,34). The van der Waals surface area contributed by atoms with Gasteiger partial charge >= 0.3 is 24.2 Å². The highest BCUT2D eigenvalue weighted by molar-refractivity contribution is 6.09. The third-order valence-corrected chi connectivity index (χ3v) is 6.16. The summed E-state index contributed by atoms with van der Waals surface area (Å²) in [7, 11) is 0. The van der Waals surface area contributed by atoms with Gasteiger partial charge < -0.3 is 14.7 Å². The fourth-order valence-electron chi connectivity index (χ4n) is 4.36. The Morgan fingerprint density at radius 3 is 2.32 bits per heavy atom. The molecule has 37 heavy (non-hydrogen) atoms. The monoisotopic (exact) mass is 514 g/mol. The number of nitriles is 1. The van der Waals surface area contributed by atoms with Crippen LogP contribution in [0.1, 0.15) is 29.7 Å². The van der Waals surface area contributed by atoms with Crippen molar-refractivity contribution in [2.45, 2.75) is 19.1 Å². The molecule has 4 amide bonds. The number of rotatable bonds is 3. The molecule has 0 aromatic heterocycles. The molecule has 9 nitrogen and oxygen atoms in total. The zero-order valence-electron chi connectivity index (χ0n) is 19.5. The summed E-state index contributed by atoms with van der Waals surface area (Å²) in [6.45, 7) is 1.98. The minimum absolute atomic E-state index is 0.136. The lowest BCUT2D eigenvalue weighted by Crippen LogP contribution is -2.58. The molecule has 192 valence electrons. The maximum atomic E-state index is 13.9. The van der Waals surface area contributed by atoms with E-state index in [9.17, 15) is 32.7 Å². The highest BCUT2D eigenvalue weighted by Crippen LogP contribution is 2.41. The molecule has 1 N–H and O–H groups in total. The van der Waals surface area contributed by atoms with E-state index in [1.165, 1.54) is 42.2 Å². The first-order chi connectivity index (χ1) is 17.5. The summed E-state index contributed by atoms with van der Waals surface area (Å²) in [6, 6.07) is 8.32. The van der Waals surface area contributed by atoms with Crippen LogP contribution in [0, 0.1) is 11.3 Å². The molecule has 1 unspecified atom stereocenters. The van der Waals surface area contributed by atoms with Gasteiger partial charge in [-0.1, -0.05) is 18.2 Å². The predicted molar refractivity (Wildman–Crippen MR) is 123 cm³/mol. The van der Waals surface area contributed by atoms with Crippen LogP contribution in [0.15, 0.2) is 59.8 Å². The number of benzene rings is 2. The number of halogens is 3. The van der Waals surface area contributed by atoms with E-state index in [4.69, 9.17) is 10.00 Å². The average molecular weight is 514 g/mol. The van der Waals surface area contributed by atoms with Crippen molar-refractivity contribution < 1.29 is 37.4 Å². The first kappa shape index (κ1) is 25.7. The maximum Gasteiger partial charge on any atom is 0.416 e. The lowest BCUT2D eigenvalue weighted by Gasteiger charge is -2.43. The Labute approximate surface area is 209 Å². The third kappa shape index (κ3) is 4.85. The third-order valence-electron chi connectivity index (χ3n) is 6.16. The van der Waals surface area contributed by atoms with Gasteiger partial charge in [-0.25, -0.2) is 19.3 Å². The van der Waals surface area contributed by atoms with Gasteiger partial charge in [0.1, 0.15) is 6.04 Å². The molecular weight excluding hydrogens is 493 g/mol. The second-order valence-electron chi connectivity index (χ2n) is 8.36. The number of morpholine rings is 1. The van der Waals surface area contributed by atoms with E-state index in [0.717, 1.165) is 28.0 Å². The Hall–Kier alpha value is -4.37. The molecule has 0 radical (unpaired) electrons. The number of carboxylic acids is 1. The second-order valence-corrected chi connectivity index (χ2v) is 8.36. The van der Waals surface area contributed by atoms with Gasteiger partial charge in [-0.2, -0.15) is 18.4 Å². The van der Waals surface area contributed by atoms with Crippen molar-refractivity contribution in [3.05, 3.63) is 76.5 Å². The van der Waals surface area contributed by atoms with E-state index < -0.39 is 35.8 Å². The summed E-state index contributed by atoms with van der Waals surface area (Å²) >= 11 is 0. The normalized spacial score (nSPS) is 18.6. The number of hydrogen-bond acceptors (Lipinski definition) is 5. The smallest absolute Gasteiger partial charge is 0.416 e. The number of hydrogen-bond donors (Lipinski definition) is 1. The van der Waals surface area contributed by atoms with Crippen LogP contribution in [0.3, 0.4) is 0 Å². The number of carbonyl (C=O) groups excluding carboxylic acids is 2. The molecule has 0 spiro atoms. The summed E-state index contributed by atoms with van der Waals surface area (Å²) in [5.74, 6) is -1.46. The molecule has 1 saturated heterocycles. The van der Waals surface area contributed by atoms with Crippen LogP contribution in [0.25, 0.3) is 0 Å². The van der Waals surface area contributed by atoms with Crippen LogP contribution >= 0.6 is 0 Å². The highest BCUT2D eigenvalue weighted by Gasteiger charge is 2.47. The van der Waals surface area contributed by atoms with Gasteiger partial charge in [0, 0.05) is 18.8 Å². The predicted octanol–water partition coefficient (Wildman–Crippen LogP) is 4.37. The minimum atomic E-state index is -4.71. The van der Waals surface area contributed by atoms with Crippen molar-refractivity contribution in [1.82, 2.24) is 9.80 Å². The Morgan fingerprint density at radius 1 is 1.11 bits per heavy atom. The van der Waals surface area contributed by atoms with Crippen molar-refractivity contribution in [2.75, 3.05) is 31.2 Å². The first-order valence-electron chi connectivity index (χ1n) is 11.2. The molecule has 2 aliphatic heterocycles. The Kier molecular flexibility index (Phi) is 6.91. The molecule has 0 bridgehead atoms. The molecule has 4 rings (SSSR count). The number of alkyl halides is 3. The van der Waals surface area contributed by atoms with Gasteiger partial charge in [-0.3, -0.25) is 4.90 Å². The zero-order valence-corrected chi connectivity index (χ0v) is 19.5. The topological polar surface area (TPSA) is 114 Å². The van der Waals surface area contributed by atoms with Gasteiger partial charge in [0.05, 0.1) is 41.7 Å². The first-order valence-corrected chi connectivity index (χ1v) is 11.2. The molecule has 2 heterocycles. The molecular formula is C25H21F3N4O5. The van der Waals surface area contributed by atoms with E-state index in [1.54, 1.807) is 0 Å². The number of urea groups is 2. The van der Waals surface area contributed by atoms with Gasteiger partial charge in [0.15, 0.2) is 0 Å². The molecule has 2 aromatic carbocycles. The van der Waals surface area contributed by atoms with Crippen molar-refractivity contribution >= 4 is 23.7 Å². The summed E-state index contributed by atoms with van der Waals surface area (Å²) in [5, 5.41) is 19.3. The zero-order chi connectivity index (χ0) is 26.9. The summed E-state index contributed by atoms with van der Waals surface area (Å²) in [4.78, 5) is 42.9. The van der Waals surface area contributed by atoms with E-state index in [2.05, 4.69) is 0 Å². The largest absolute Gasteiger partial charge is 0.478 e. The van der Waals surface area contributed by atoms with Gasteiger partial charge in [-0.05, 0) is 42.8 Å². The molecule has 0 aliphatic carbocycles. The van der Waals surface area contributed by atoms with Crippen LogP contribution in [-0.2, 0) is 15.7 Å². The minimum Gasteiger partial charge on any atom is -0.478 e. The van der Waals surface area contributed by atoms with Gasteiger partial charge in [0.25, 0.3) is 0 Å². The number of imide groups is 1. The van der Waals surface area contributed by atoms with Crippen molar-refractivity contribution in [3.8, 4) is 6.07 Å². The number of anilines is 1. The van der Waals surface area contributed by atoms with Crippen molar-refractivity contribution in [2.24, 2.45) is 0 Å². The number of aliphatic carboxylic acids is 1. The van der Waals surface area contributed by atoms with Gasteiger partial charge in [-0.15, -0.1) is 0 Å². The molecule has 12 heteroatoms. The summed E-state index contributed by atoms with van der Waals surface area (Å²) in [6.07, 6.45) is -4.71. The number of carboxylic acid groups (broad SMARTS) is 1. The number of amides is 4. The van der Waals surface area contributed by atoms with Crippen LogP contribution in [-0.4, -0.2) is 59.2 Å². The molecule has 0 saturated carbocycles. The molecule has 1 atom stereocenters. The van der Waals surface area contributed by atoms with E-state index in [-0.39, 0.29) is 54.4 Å². The summed E-state index contributed by atoms with van der Waals surface area (Å²) in [5.41, 5.74) is -1.27. The van der Waals surface area contributed by atoms with Crippen LogP contribution < -0.4 is 4.90 Å². The molecule has 2 aliphatic rings. The summed E-state index contributed by atoms with van der Waals surface area (Å²) < 4.78 is 45.5. The van der Waals surface area contributed by atoms with Crippen LogP contribution in [0.5, 0.6) is 0 Å². The lowest BCUT2D eigenvalue weighted by molar-refractivity contribution is -0.137. The van der Waals surface area contributed by atoms with Crippen molar-refractivity contribution in [3.63, 3.8) is 0 Å². The number of carbonyl (C=O) groups is 3. The van der Waals surface area contributed by atoms with E-state index in [1.807, 2.05) is 6.07 Å². The Balaban J connectivity index is 1.92. The quantitative estimate of drug-likeness (QED) is 0.651. The number of nitrogens with zero attached hydrogens (tertiary/aromatic N) is 4. The number of allylic oxidation sites excluding steroid dienone is 1. The van der Waals surface area contributed by atoms with Crippen LogP contribution in [0.2, 0.25) is 0 Å². The Morgan fingerprint density at radius 2 is 1.76 bits per heavy atom. The van der Waals surface area contributed by atoms with Crippen LogP contribution in [0.4, 0.5) is 28.4 Å². The SMILES string of the molecule is CC1=C(C(=O)O)C(c2ccc(C#N)cc2)N(C(=O)N2CCOCC2)C(=O)N1c1cccc(C(F)(F)F)c1. The van der Waals surface area contributed by atoms with E-state index in [0.29, 0.717) is 0 Å². The molecule has 1 fully saturated rings. The lowest BCUT2D eigenvalue weighted by atomic mass is 9.92. The fourth-order valence-corrected chi connectivity index (χ4v) is 4.36. The second kappa shape index (κ2) is 9.94. The Bertz CT molecular complexity index is 1310. The fraction of sp³-hybridized carbons (Fsp3) is 0.280. The number of ether oxygens (including phenoxy) is 1. The average Bonchev–Trinajstić information content (AvgIpc) is 2.88. The molecule has 2 aromatic rings. The van der Waals surface area contributed by atoms with E-state index >= 15 is 0 Å². The highest BCUT2D eigenvalue weighted by atomic mass is 19.4.